The fraction of sp³-hybridized carbons (Fsp3) is 0.333. The molecule has 1 aliphatic heterocycles. The molecule has 0 bridgehead atoms. The molecule has 1 saturated heterocycles. The topological polar surface area (TPSA) is 88.5 Å². The van der Waals surface area contributed by atoms with E-state index in [0.717, 1.165) is 12.8 Å². The Morgan fingerprint density at radius 2 is 1.69 bits per heavy atom. The quantitative estimate of drug-likeness (QED) is 0.812. The van der Waals surface area contributed by atoms with Gasteiger partial charge in [0, 0.05) is 37.6 Å². The zero-order valence-corrected chi connectivity index (χ0v) is 15.5. The molecule has 0 aliphatic carbocycles. The second-order valence-corrected chi connectivity index (χ2v) is 8.31. The van der Waals surface area contributed by atoms with E-state index < -0.39 is 15.9 Å². The summed E-state index contributed by atoms with van der Waals surface area (Å²) >= 11 is 0. The van der Waals surface area contributed by atoms with Crippen molar-refractivity contribution in [1.29, 1.82) is 0 Å². The molecule has 7 nitrogen and oxygen atoms in total. The molecule has 2 heterocycles. The predicted octanol–water partition coefficient (Wildman–Crippen LogP) is 2.26. The summed E-state index contributed by atoms with van der Waals surface area (Å²) in [7, 11) is -1.93. The number of ketones is 1. The number of hydrogen-bond donors (Lipinski definition) is 1. The van der Waals surface area contributed by atoms with Crippen molar-refractivity contribution in [3.05, 3.63) is 47.8 Å². The lowest BCUT2D eigenvalue weighted by molar-refractivity contribution is 0.101. The van der Waals surface area contributed by atoms with Crippen molar-refractivity contribution in [1.82, 2.24) is 8.87 Å². The van der Waals surface area contributed by atoms with Crippen LogP contribution in [0.3, 0.4) is 0 Å². The number of sulfonamides is 1. The molecule has 0 atom stereocenters. The van der Waals surface area contributed by atoms with Crippen LogP contribution in [0, 0.1) is 0 Å². The molecule has 1 aliphatic rings. The average molecular weight is 375 g/mol. The summed E-state index contributed by atoms with van der Waals surface area (Å²) in [5.41, 5.74) is 1.34. The number of anilines is 1. The number of aromatic nitrogens is 1. The van der Waals surface area contributed by atoms with Crippen molar-refractivity contribution in [2.24, 2.45) is 7.05 Å². The summed E-state index contributed by atoms with van der Waals surface area (Å²) in [6, 6.07) is 7.93. The van der Waals surface area contributed by atoms with Crippen LogP contribution in [0.5, 0.6) is 0 Å². The van der Waals surface area contributed by atoms with E-state index in [2.05, 4.69) is 5.32 Å². The molecule has 3 rings (SSSR count). The first-order chi connectivity index (χ1) is 12.3. The Labute approximate surface area is 152 Å². The SMILES string of the molecule is CC(=O)c1ccc(NC(=O)c2cc(S(=O)(=O)N3CCCC3)cn2C)cc1. The Balaban J connectivity index is 1.80. The van der Waals surface area contributed by atoms with Gasteiger partial charge in [-0.1, -0.05) is 0 Å². The Kier molecular flexibility index (Phi) is 4.97. The van der Waals surface area contributed by atoms with Gasteiger partial charge in [0.25, 0.3) is 5.91 Å². The van der Waals surface area contributed by atoms with Crippen molar-refractivity contribution in [3.63, 3.8) is 0 Å². The minimum Gasteiger partial charge on any atom is -0.345 e. The van der Waals surface area contributed by atoms with Crippen LogP contribution in [0.15, 0.2) is 41.4 Å². The van der Waals surface area contributed by atoms with Crippen molar-refractivity contribution < 1.29 is 18.0 Å². The molecular weight excluding hydrogens is 354 g/mol. The summed E-state index contributed by atoms with van der Waals surface area (Å²) in [6.07, 6.45) is 3.17. The van der Waals surface area contributed by atoms with E-state index in [9.17, 15) is 18.0 Å². The molecule has 1 aromatic heterocycles. The normalized spacial score (nSPS) is 15.2. The molecule has 0 spiro atoms. The number of carbonyl (C=O) groups excluding carboxylic acids is 2. The number of aryl methyl sites for hydroxylation is 1. The van der Waals surface area contributed by atoms with Crippen molar-refractivity contribution in [2.75, 3.05) is 18.4 Å². The monoisotopic (exact) mass is 375 g/mol. The minimum absolute atomic E-state index is 0.0536. The summed E-state index contributed by atoms with van der Waals surface area (Å²) < 4.78 is 28.2. The smallest absolute Gasteiger partial charge is 0.272 e. The van der Waals surface area contributed by atoms with E-state index >= 15 is 0 Å². The fourth-order valence-corrected chi connectivity index (χ4v) is 4.55. The molecule has 2 aromatic rings. The van der Waals surface area contributed by atoms with E-state index in [-0.39, 0.29) is 16.4 Å². The summed E-state index contributed by atoms with van der Waals surface area (Å²) in [5.74, 6) is -0.465. The highest BCUT2D eigenvalue weighted by Crippen LogP contribution is 2.23. The Bertz CT molecular complexity index is 939. The molecule has 138 valence electrons. The maximum Gasteiger partial charge on any atom is 0.272 e. The third-order valence-electron chi connectivity index (χ3n) is 4.46. The van der Waals surface area contributed by atoms with Crippen molar-refractivity contribution >= 4 is 27.4 Å². The van der Waals surface area contributed by atoms with Gasteiger partial charge in [-0.05, 0) is 50.1 Å². The van der Waals surface area contributed by atoms with Gasteiger partial charge in [-0.2, -0.15) is 4.31 Å². The van der Waals surface area contributed by atoms with E-state index in [4.69, 9.17) is 0 Å². The van der Waals surface area contributed by atoms with Crippen LogP contribution in [-0.2, 0) is 17.1 Å². The number of rotatable bonds is 5. The lowest BCUT2D eigenvalue weighted by Crippen LogP contribution is -2.27. The number of nitrogens with one attached hydrogen (secondary N) is 1. The highest BCUT2D eigenvalue weighted by Gasteiger charge is 2.29. The third-order valence-corrected chi connectivity index (χ3v) is 6.33. The molecule has 26 heavy (non-hydrogen) atoms. The largest absolute Gasteiger partial charge is 0.345 e. The number of amides is 1. The molecule has 1 fully saturated rings. The standard InChI is InChI=1S/C18H21N3O4S/c1-13(22)14-5-7-15(8-6-14)19-18(23)17-11-16(12-20(17)2)26(24,25)21-9-3-4-10-21/h5-8,11-12H,3-4,9-10H2,1-2H3,(H,19,23). The molecule has 0 radical (unpaired) electrons. The van der Waals surface area contributed by atoms with Gasteiger partial charge in [-0.25, -0.2) is 8.42 Å². The number of nitrogens with zero attached hydrogens (tertiary/aromatic N) is 2. The van der Waals surface area contributed by atoms with Crippen LogP contribution in [0.25, 0.3) is 0 Å². The first-order valence-corrected chi connectivity index (χ1v) is 9.82. The lowest BCUT2D eigenvalue weighted by Gasteiger charge is -2.13. The van der Waals surface area contributed by atoms with Gasteiger partial charge < -0.3 is 9.88 Å². The first kappa shape index (κ1) is 18.3. The summed E-state index contributed by atoms with van der Waals surface area (Å²) in [6.45, 7) is 2.50. The van der Waals surface area contributed by atoms with Crippen LogP contribution >= 0.6 is 0 Å². The molecule has 0 unspecified atom stereocenters. The van der Waals surface area contributed by atoms with Crippen LogP contribution in [-0.4, -0.2) is 42.1 Å². The van der Waals surface area contributed by atoms with Crippen LogP contribution < -0.4 is 5.32 Å². The van der Waals surface area contributed by atoms with Gasteiger partial charge in [-0.3, -0.25) is 9.59 Å². The molecule has 1 aromatic carbocycles. The van der Waals surface area contributed by atoms with Crippen LogP contribution in [0.1, 0.15) is 40.6 Å². The van der Waals surface area contributed by atoms with Gasteiger partial charge in [0.1, 0.15) is 10.6 Å². The van der Waals surface area contributed by atoms with Crippen molar-refractivity contribution in [2.45, 2.75) is 24.7 Å². The van der Waals surface area contributed by atoms with E-state index in [1.807, 2.05) is 0 Å². The fourth-order valence-electron chi connectivity index (χ4n) is 2.96. The van der Waals surface area contributed by atoms with Gasteiger partial charge >= 0.3 is 0 Å². The van der Waals surface area contributed by atoms with E-state index in [1.54, 1.807) is 31.3 Å². The van der Waals surface area contributed by atoms with Gasteiger partial charge in [0.2, 0.25) is 10.0 Å². The summed E-state index contributed by atoms with van der Waals surface area (Å²) in [4.78, 5) is 23.9. The Hall–Kier alpha value is -2.45. The zero-order valence-electron chi connectivity index (χ0n) is 14.7. The lowest BCUT2D eigenvalue weighted by atomic mass is 10.1. The minimum atomic E-state index is -3.57. The Morgan fingerprint density at radius 1 is 1.08 bits per heavy atom. The van der Waals surface area contributed by atoms with E-state index in [1.165, 1.54) is 28.1 Å². The summed E-state index contributed by atoms with van der Waals surface area (Å²) in [5, 5.41) is 2.72. The number of benzene rings is 1. The second kappa shape index (κ2) is 7.05. The van der Waals surface area contributed by atoms with Crippen LogP contribution in [0.2, 0.25) is 0 Å². The zero-order chi connectivity index (χ0) is 18.9. The van der Waals surface area contributed by atoms with Gasteiger partial charge in [0.05, 0.1) is 0 Å². The average Bonchev–Trinajstić information content (AvgIpc) is 3.25. The number of hydrogen-bond acceptors (Lipinski definition) is 4. The first-order valence-electron chi connectivity index (χ1n) is 8.38. The molecule has 1 N–H and O–H groups in total. The Morgan fingerprint density at radius 3 is 2.27 bits per heavy atom. The van der Waals surface area contributed by atoms with E-state index in [0.29, 0.717) is 24.3 Å². The molecule has 8 heteroatoms. The maximum atomic E-state index is 12.6. The maximum absolute atomic E-state index is 12.6. The predicted molar refractivity (Wildman–Crippen MR) is 97.8 cm³/mol. The van der Waals surface area contributed by atoms with Gasteiger partial charge in [0.15, 0.2) is 5.78 Å². The second-order valence-electron chi connectivity index (χ2n) is 6.37. The van der Waals surface area contributed by atoms with Crippen LogP contribution in [0.4, 0.5) is 5.69 Å². The highest BCUT2D eigenvalue weighted by atomic mass is 32.2. The number of carbonyl (C=O) groups is 2. The van der Waals surface area contributed by atoms with Gasteiger partial charge in [-0.15, -0.1) is 0 Å². The third kappa shape index (κ3) is 3.56. The van der Waals surface area contributed by atoms with Crippen molar-refractivity contribution in [3.8, 4) is 0 Å². The molecule has 1 amide bonds. The molecule has 0 saturated carbocycles. The molecular formula is C18H21N3O4S. The number of Topliss-reactive ketones (excluding diaryl/α,β-unsaturated/α-hetero) is 1. The highest BCUT2D eigenvalue weighted by molar-refractivity contribution is 7.89.